The molecule has 2 heterocycles. The number of halogens is 2. The molecule has 2 aliphatic rings. The van der Waals surface area contributed by atoms with Crippen LogP contribution < -0.4 is 0 Å². The van der Waals surface area contributed by atoms with E-state index in [2.05, 4.69) is 0 Å². The summed E-state index contributed by atoms with van der Waals surface area (Å²) in [5.41, 5.74) is 0.649. The van der Waals surface area contributed by atoms with Gasteiger partial charge >= 0.3 is 5.97 Å². The van der Waals surface area contributed by atoms with Gasteiger partial charge in [0.05, 0.1) is 23.6 Å². The monoisotopic (exact) mass is 568 g/mol. The molecule has 7 nitrogen and oxygen atoms in total. The Morgan fingerprint density at radius 3 is 2.41 bits per heavy atom. The fourth-order valence-corrected chi connectivity index (χ4v) is 7.78. The van der Waals surface area contributed by atoms with Crippen LogP contribution in [-0.4, -0.2) is 60.2 Å². The topological polar surface area (TPSA) is 101 Å². The Balaban J connectivity index is 1.87. The van der Waals surface area contributed by atoms with E-state index in [1.54, 1.807) is 29.4 Å². The van der Waals surface area contributed by atoms with Crippen LogP contribution in [-0.2, 0) is 9.59 Å². The minimum absolute atomic E-state index is 0.240. The van der Waals surface area contributed by atoms with Crippen molar-refractivity contribution in [3.05, 3.63) is 69.7 Å². The van der Waals surface area contributed by atoms with Gasteiger partial charge in [-0.1, -0.05) is 61.3 Å². The van der Waals surface area contributed by atoms with Gasteiger partial charge in [-0.3, -0.25) is 18.7 Å². The molecule has 0 unspecified atom stereocenters. The van der Waals surface area contributed by atoms with Crippen molar-refractivity contribution in [3.8, 4) is 0 Å². The summed E-state index contributed by atoms with van der Waals surface area (Å²) in [4.78, 5) is 28.0. The lowest BCUT2D eigenvalue weighted by Gasteiger charge is -2.53. The number of piperidine rings is 1. The van der Waals surface area contributed by atoms with Crippen LogP contribution in [0.4, 0.5) is 0 Å². The van der Waals surface area contributed by atoms with E-state index in [9.17, 15) is 23.8 Å². The van der Waals surface area contributed by atoms with Crippen molar-refractivity contribution in [3.63, 3.8) is 0 Å². The van der Waals surface area contributed by atoms with Crippen molar-refractivity contribution in [2.24, 2.45) is 5.41 Å². The first-order valence-corrected chi connectivity index (χ1v) is 14.9. The van der Waals surface area contributed by atoms with Gasteiger partial charge in [0.15, 0.2) is 0 Å². The first-order valence-electron chi connectivity index (χ1n) is 12.5. The third kappa shape index (κ3) is 5.95. The summed E-state index contributed by atoms with van der Waals surface area (Å²) in [6.45, 7) is 4.52. The molecule has 2 aromatic carbocycles. The van der Waals surface area contributed by atoms with E-state index in [0.717, 1.165) is 11.1 Å². The van der Waals surface area contributed by atoms with Crippen molar-refractivity contribution in [1.82, 2.24) is 9.21 Å². The third-order valence-electron chi connectivity index (χ3n) is 7.65. The predicted octanol–water partition coefficient (Wildman–Crippen LogP) is 6.68. The van der Waals surface area contributed by atoms with Crippen LogP contribution >= 0.6 is 34.0 Å². The van der Waals surface area contributed by atoms with E-state index in [1.165, 1.54) is 0 Å². The zero-order chi connectivity index (χ0) is 27.0. The van der Waals surface area contributed by atoms with Gasteiger partial charge in [-0.2, -0.15) is 0 Å². The standard InChI is InChI=1S/C27H34Cl2N2O5S/c1-3-22(17-30-12-5-13-37(30,35)36)31-25(18-8-10-20(28)11-9-18)23(19-6-4-7-21(29)14-19)15-27(2,26(31)34)16-24(32)33/h4,6-11,14,22-23,25,35-36H,3,5,12-13,15-17H2,1-2H3,(H,32,33)/t22-,23+,25+,27+/m0/s1. The molecule has 0 aliphatic carbocycles. The number of rotatable bonds is 8. The smallest absolute Gasteiger partial charge is 0.304 e. The summed E-state index contributed by atoms with van der Waals surface area (Å²) in [5, 5.41) is 10.9. The van der Waals surface area contributed by atoms with Crippen LogP contribution in [0.1, 0.15) is 62.6 Å². The molecular weight excluding hydrogens is 535 g/mol. The van der Waals surface area contributed by atoms with Gasteiger partial charge in [-0.25, -0.2) is 4.31 Å². The molecule has 202 valence electrons. The number of aliphatic carboxylic acids is 1. The number of carbonyl (C=O) groups is 2. The molecule has 37 heavy (non-hydrogen) atoms. The van der Waals surface area contributed by atoms with Gasteiger partial charge in [0, 0.05) is 35.1 Å². The quantitative estimate of drug-likeness (QED) is 0.328. The number of carbonyl (C=O) groups excluding carboxylic acids is 1. The van der Waals surface area contributed by atoms with Crippen molar-refractivity contribution in [2.75, 3.05) is 18.8 Å². The van der Waals surface area contributed by atoms with Gasteiger partial charge in [0.1, 0.15) is 0 Å². The van der Waals surface area contributed by atoms with Crippen LogP contribution in [0.25, 0.3) is 0 Å². The maximum atomic E-state index is 14.3. The number of carboxylic acids is 1. The highest BCUT2D eigenvalue weighted by Crippen LogP contribution is 2.53. The van der Waals surface area contributed by atoms with Crippen molar-refractivity contribution in [2.45, 2.75) is 57.5 Å². The first-order chi connectivity index (χ1) is 17.4. The lowest BCUT2D eigenvalue weighted by atomic mass is 9.67. The number of amides is 1. The summed E-state index contributed by atoms with van der Waals surface area (Å²) < 4.78 is 22.9. The molecule has 2 aliphatic heterocycles. The van der Waals surface area contributed by atoms with Crippen molar-refractivity contribution < 1.29 is 23.8 Å². The average molecular weight is 570 g/mol. The van der Waals surface area contributed by atoms with Crippen molar-refractivity contribution >= 4 is 45.9 Å². The molecule has 1 amide bonds. The van der Waals surface area contributed by atoms with Gasteiger partial charge in [-0.05, 0) is 54.7 Å². The van der Waals surface area contributed by atoms with E-state index in [0.29, 0.717) is 48.2 Å². The third-order valence-corrected chi connectivity index (χ3v) is 10.1. The maximum Gasteiger partial charge on any atom is 0.304 e. The van der Waals surface area contributed by atoms with Gasteiger partial charge in [-0.15, -0.1) is 10.8 Å². The molecule has 2 aromatic rings. The summed E-state index contributed by atoms with van der Waals surface area (Å²) in [6.07, 6.45) is 1.27. The second-order valence-electron chi connectivity index (χ2n) is 10.3. The molecule has 3 N–H and O–H groups in total. The largest absolute Gasteiger partial charge is 0.481 e. The predicted molar refractivity (Wildman–Crippen MR) is 148 cm³/mol. The molecule has 10 heteroatoms. The number of carboxylic acid groups (broad SMARTS) is 1. The van der Waals surface area contributed by atoms with Crippen LogP contribution in [0.5, 0.6) is 0 Å². The first kappa shape index (κ1) is 28.2. The molecule has 2 saturated heterocycles. The highest BCUT2D eigenvalue weighted by molar-refractivity contribution is 8.22. The average Bonchev–Trinajstić information content (AvgIpc) is 3.17. The van der Waals surface area contributed by atoms with Gasteiger partial charge in [0.2, 0.25) is 5.91 Å². The van der Waals surface area contributed by atoms with Crippen LogP contribution in [0.3, 0.4) is 0 Å². The molecule has 0 spiro atoms. The fourth-order valence-electron chi connectivity index (χ4n) is 5.85. The van der Waals surface area contributed by atoms with Crippen LogP contribution in [0.15, 0.2) is 48.5 Å². The molecule has 0 bridgehead atoms. The highest BCUT2D eigenvalue weighted by atomic mass is 35.5. The summed E-state index contributed by atoms with van der Waals surface area (Å²) in [5.74, 6) is -1.20. The van der Waals surface area contributed by atoms with E-state index >= 15 is 0 Å². The van der Waals surface area contributed by atoms with Crippen molar-refractivity contribution in [1.29, 1.82) is 0 Å². The number of hydrogen-bond acceptors (Lipinski definition) is 5. The number of hydrogen-bond donors (Lipinski definition) is 3. The lowest BCUT2D eigenvalue weighted by Crippen LogP contribution is -2.58. The second kappa shape index (κ2) is 11.1. The molecule has 2 fully saturated rings. The number of likely N-dealkylation sites (tertiary alicyclic amines) is 1. The number of nitrogens with zero attached hydrogens (tertiary/aromatic N) is 2. The SMILES string of the molecule is CC[C@@H](CN1CCCS1(O)O)N1C(=O)[C@@](C)(CC(=O)O)C[C@H](c2cccc(Cl)c2)[C@H]1c1ccc(Cl)cc1. The fraction of sp³-hybridized carbons (Fsp3) is 0.481. The Bertz CT molecular complexity index is 1150. The molecular formula is C27H34Cl2N2O5S. The molecule has 4 atom stereocenters. The van der Waals surface area contributed by atoms with Crippen LogP contribution in [0.2, 0.25) is 10.0 Å². The minimum atomic E-state index is -2.89. The molecule has 0 saturated carbocycles. The summed E-state index contributed by atoms with van der Waals surface area (Å²) in [7, 11) is -2.89. The Labute approximate surface area is 229 Å². The Morgan fingerprint density at radius 2 is 1.84 bits per heavy atom. The normalized spacial score (nSPS) is 27.7. The van der Waals surface area contributed by atoms with Crippen LogP contribution in [0, 0.1) is 5.41 Å². The maximum absolute atomic E-state index is 14.3. The molecule has 0 aromatic heterocycles. The summed E-state index contributed by atoms with van der Waals surface area (Å²) in [6, 6.07) is 14.1. The Morgan fingerprint density at radius 1 is 1.14 bits per heavy atom. The van der Waals surface area contributed by atoms with E-state index in [-0.39, 0.29) is 24.3 Å². The molecule has 4 rings (SSSR count). The Kier molecular flexibility index (Phi) is 8.48. The van der Waals surface area contributed by atoms with Gasteiger partial charge < -0.3 is 10.0 Å². The zero-order valence-corrected chi connectivity index (χ0v) is 23.3. The molecule has 0 radical (unpaired) electrons. The summed E-state index contributed by atoms with van der Waals surface area (Å²) >= 11 is 12.6. The van der Waals surface area contributed by atoms with E-state index in [1.807, 2.05) is 42.2 Å². The number of benzene rings is 2. The Hall–Kier alpha value is -1.81. The lowest BCUT2D eigenvalue weighted by molar-refractivity contribution is -0.160. The highest BCUT2D eigenvalue weighted by Gasteiger charge is 2.52. The van der Waals surface area contributed by atoms with E-state index < -0.39 is 28.2 Å². The van der Waals surface area contributed by atoms with Gasteiger partial charge in [0.25, 0.3) is 0 Å². The van der Waals surface area contributed by atoms with E-state index in [4.69, 9.17) is 23.2 Å². The zero-order valence-electron chi connectivity index (χ0n) is 21.0. The minimum Gasteiger partial charge on any atom is -0.481 e. The second-order valence-corrected chi connectivity index (χ2v) is 13.4.